The minimum absolute atomic E-state index is 0.00730. The smallest absolute Gasteiger partial charge is 0.372 e. The van der Waals surface area contributed by atoms with Crippen molar-refractivity contribution in [2.24, 2.45) is 0 Å². The van der Waals surface area contributed by atoms with E-state index in [-0.39, 0.29) is 37.7 Å². The monoisotopic (exact) mass is 374 g/mol. The van der Waals surface area contributed by atoms with Gasteiger partial charge < -0.3 is 14.6 Å². The third-order valence-electron chi connectivity index (χ3n) is 2.78. The van der Waals surface area contributed by atoms with E-state index in [0.29, 0.717) is 0 Å². The van der Waals surface area contributed by atoms with Crippen LogP contribution in [-0.2, 0) is 38.2 Å². The van der Waals surface area contributed by atoms with Gasteiger partial charge in [0.2, 0.25) is 5.78 Å². The predicted molar refractivity (Wildman–Crippen MR) is 83.2 cm³/mol. The highest BCUT2D eigenvalue weighted by Gasteiger charge is 2.15. The molecule has 0 saturated carbocycles. The molecule has 0 fully saturated rings. The lowest BCUT2D eigenvalue weighted by Gasteiger charge is -2.07. The molecule has 0 unspecified atom stereocenters. The largest absolute Gasteiger partial charge is 0.476 e. The lowest BCUT2D eigenvalue weighted by Crippen LogP contribution is -2.17. The van der Waals surface area contributed by atoms with Gasteiger partial charge in [-0.25, -0.2) is 4.79 Å². The Bertz CT molecular complexity index is 682. The molecule has 0 heterocycles. The second kappa shape index (κ2) is 10.5. The molecule has 0 saturated heterocycles. The van der Waals surface area contributed by atoms with Crippen LogP contribution < -0.4 is 0 Å². The Hall–Kier alpha value is -2.30. The molecule has 10 heteroatoms. The third-order valence-corrected chi connectivity index (χ3v) is 4.11. The topological polar surface area (TPSA) is 133 Å². The molecule has 0 atom stereocenters. The molecule has 0 aromatic heterocycles. The van der Waals surface area contributed by atoms with Gasteiger partial charge in [0.25, 0.3) is 10.1 Å². The van der Waals surface area contributed by atoms with Gasteiger partial charge in [-0.2, -0.15) is 8.42 Å². The van der Waals surface area contributed by atoms with E-state index in [1.807, 2.05) is 0 Å². The van der Waals surface area contributed by atoms with Crippen LogP contribution in [0.2, 0.25) is 0 Å². The number of aliphatic carboxylic acids is 1. The molecule has 9 nitrogen and oxygen atoms in total. The fourth-order valence-electron chi connectivity index (χ4n) is 1.57. The average molecular weight is 374 g/mol. The molecule has 1 aromatic carbocycles. The van der Waals surface area contributed by atoms with Crippen LogP contribution in [0.15, 0.2) is 35.2 Å². The number of carbonyl (C=O) groups is 3. The van der Waals surface area contributed by atoms with Crippen molar-refractivity contribution >= 4 is 27.8 Å². The molecule has 0 radical (unpaired) electrons. The summed E-state index contributed by atoms with van der Waals surface area (Å²) in [5.74, 6) is -3.38. The van der Waals surface area contributed by atoms with Gasteiger partial charge >= 0.3 is 11.9 Å². The summed E-state index contributed by atoms with van der Waals surface area (Å²) in [6.45, 7) is -0.321. The first kappa shape index (κ1) is 20.7. The van der Waals surface area contributed by atoms with Gasteiger partial charge in [0, 0.05) is 6.42 Å². The van der Waals surface area contributed by atoms with Gasteiger partial charge in [-0.3, -0.25) is 13.8 Å². The maximum absolute atomic E-state index is 11.8. The number of benzene rings is 1. The molecule has 0 aliphatic rings. The van der Waals surface area contributed by atoms with Gasteiger partial charge in [0.05, 0.1) is 31.1 Å². The summed E-state index contributed by atoms with van der Waals surface area (Å²) < 4.78 is 38.1. The highest BCUT2D eigenvalue weighted by Crippen LogP contribution is 2.10. The van der Waals surface area contributed by atoms with Crippen LogP contribution in [0.25, 0.3) is 0 Å². The quantitative estimate of drug-likeness (QED) is 0.238. The van der Waals surface area contributed by atoms with Crippen LogP contribution in [-0.4, -0.2) is 57.7 Å². The molecule has 0 bridgehead atoms. The number of ether oxygens (including phenoxy) is 2. The van der Waals surface area contributed by atoms with E-state index in [4.69, 9.17) is 18.8 Å². The molecular weight excluding hydrogens is 356 g/mol. The van der Waals surface area contributed by atoms with Crippen molar-refractivity contribution in [2.75, 3.05) is 26.4 Å². The van der Waals surface area contributed by atoms with Crippen molar-refractivity contribution in [3.63, 3.8) is 0 Å². The average Bonchev–Trinajstić information content (AvgIpc) is 2.59. The van der Waals surface area contributed by atoms with Gasteiger partial charge in [0.1, 0.15) is 6.61 Å². The number of carbonyl (C=O) groups excluding carboxylic acids is 2. The first-order valence-electron chi connectivity index (χ1n) is 7.27. The molecule has 1 N–H and O–H groups in total. The number of Topliss-reactive ketones (excluding diaryl/α,β-unsaturated/α-hetero) is 1. The van der Waals surface area contributed by atoms with Crippen LogP contribution in [0.3, 0.4) is 0 Å². The van der Waals surface area contributed by atoms with E-state index in [9.17, 15) is 22.8 Å². The Morgan fingerprint density at radius 3 is 2.20 bits per heavy atom. The minimum Gasteiger partial charge on any atom is -0.476 e. The summed E-state index contributed by atoms with van der Waals surface area (Å²) in [5.41, 5.74) is 0. The third kappa shape index (κ3) is 8.38. The van der Waals surface area contributed by atoms with Crippen molar-refractivity contribution in [1.82, 2.24) is 0 Å². The number of ketones is 1. The summed E-state index contributed by atoms with van der Waals surface area (Å²) in [6.07, 6.45) is -0.760. The van der Waals surface area contributed by atoms with Crippen LogP contribution in [0.1, 0.15) is 12.8 Å². The fraction of sp³-hybridized carbons (Fsp3) is 0.400. The molecule has 1 aromatic rings. The van der Waals surface area contributed by atoms with Gasteiger partial charge in [-0.15, -0.1) is 0 Å². The van der Waals surface area contributed by atoms with E-state index < -0.39 is 34.3 Å². The molecule has 0 amide bonds. The highest BCUT2D eigenvalue weighted by atomic mass is 32.2. The normalized spacial score (nSPS) is 11.0. The summed E-state index contributed by atoms with van der Waals surface area (Å²) >= 11 is 0. The van der Waals surface area contributed by atoms with Gasteiger partial charge in [0.15, 0.2) is 0 Å². The Balaban J connectivity index is 2.10. The standard InChI is InChI=1S/C15H18O9S/c16-13(15(18)19)6-7-14(17)23-10-8-22-9-11-24-25(20,21)12-4-2-1-3-5-12/h1-5H,6-11H2,(H,18,19). The summed E-state index contributed by atoms with van der Waals surface area (Å²) in [5, 5.41) is 8.35. The maximum Gasteiger partial charge on any atom is 0.372 e. The Labute approximate surface area is 144 Å². The number of carboxylic acid groups (broad SMARTS) is 1. The molecule has 1 rings (SSSR count). The van der Waals surface area contributed by atoms with E-state index in [0.717, 1.165) is 0 Å². The van der Waals surface area contributed by atoms with Crippen molar-refractivity contribution in [1.29, 1.82) is 0 Å². The Morgan fingerprint density at radius 1 is 0.920 bits per heavy atom. The van der Waals surface area contributed by atoms with E-state index in [1.54, 1.807) is 18.2 Å². The number of rotatable bonds is 12. The van der Waals surface area contributed by atoms with Gasteiger partial charge in [-0.05, 0) is 12.1 Å². The Morgan fingerprint density at radius 2 is 1.56 bits per heavy atom. The van der Waals surface area contributed by atoms with Crippen LogP contribution in [0.4, 0.5) is 0 Å². The maximum atomic E-state index is 11.8. The number of hydrogen-bond acceptors (Lipinski definition) is 8. The minimum atomic E-state index is -3.83. The summed E-state index contributed by atoms with van der Waals surface area (Å²) in [7, 11) is -3.83. The van der Waals surface area contributed by atoms with Crippen molar-refractivity contribution in [3.8, 4) is 0 Å². The molecule has 0 aliphatic carbocycles. The number of carboxylic acids is 1. The van der Waals surface area contributed by atoms with Crippen LogP contribution in [0, 0.1) is 0 Å². The van der Waals surface area contributed by atoms with Crippen molar-refractivity contribution in [2.45, 2.75) is 17.7 Å². The van der Waals surface area contributed by atoms with Crippen molar-refractivity contribution < 1.29 is 41.6 Å². The fourth-order valence-corrected chi connectivity index (χ4v) is 2.48. The summed E-state index contributed by atoms with van der Waals surface area (Å²) in [6, 6.07) is 7.65. The lowest BCUT2D eigenvalue weighted by molar-refractivity contribution is -0.151. The first-order valence-corrected chi connectivity index (χ1v) is 8.67. The molecular formula is C15H18O9S. The highest BCUT2D eigenvalue weighted by molar-refractivity contribution is 7.86. The molecule has 25 heavy (non-hydrogen) atoms. The number of esters is 1. The van der Waals surface area contributed by atoms with Gasteiger partial charge in [-0.1, -0.05) is 18.2 Å². The zero-order valence-electron chi connectivity index (χ0n) is 13.3. The molecule has 0 spiro atoms. The Kier molecular flexibility index (Phi) is 8.75. The molecule has 138 valence electrons. The molecule has 0 aliphatic heterocycles. The number of hydrogen-bond donors (Lipinski definition) is 1. The van der Waals surface area contributed by atoms with E-state index in [2.05, 4.69) is 0 Å². The van der Waals surface area contributed by atoms with Crippen LogP contribution >= 0.6 is 0 Å². The lowest BCUT2D eigenvalue weighted by atomic mass is 10.2. The van der Waals surface area contributed by atoms with E-state index in [1.165, 1.54) is 12.1 Å². The SMILES string of the molecule is O=C(CCC(=O)C(=O)O)OCCOCCOS(=O)(=O)c1ccccc1. The second-order valence-corrected chi connectivity index (χ2v) is 6.27. The van der Waals surface area contributed by atoms with Crippen LogP contribution in [0.5, 0.6) is 0 Å². The second-order valence-electron chi connectivity index (χ2n) is 4.65. The first-order chi connectivity index (χ1) is 11.8. The predicted octanol–water partition coefficient (Wildman–Crippen LogP) is 0.386. The van der Waals surface area contributed by atoms with Crippen molar-refractivity contribution in [3.05, 3.63) is 30.3 Å². The zero-order valence-corrected chi connectivity index (χ0v) is 14.1. The summed E-state index contributed by atoms with van der Waals surface area (Å²) in [4.78, 5) is 32.3. The zero-order chi connectivity index (χ0) is 18.7. The van der Waals surface area contributed by atoms with E-state index >= 15 is 0 Å².